The number of hydrogen-bond acceptors (Lipinski definition) is 3. The van der Waals surface area contributed by atoms with Crippen LogP contribution in [0.5, 0.6) is 0 Å². The van der Waals surface area contributed by atoms with E-state index in [1.165, 1.54) is 0 Å². The summed E-state index contributed by atoms with van der Waals surface area (Å²) in [5, 5.41) is 0. The Labute approximate surface area is 108 Å². The molecular weight excluding hydrogens is 311 g/mol. The molecule has 1 rings (SSSR count). The number of rotatable bonds is 3. The first kappa shape index (κ1) is 14.0. The lowest BCUT2D eigenvalue weighted by atomic mass is 10.3. The molecule has 0 aromatic heterocycles. The second-order valence-corrected chi connectivity index (χ2v) is 5.65. The van der Waals surface area contributed by atoms with Gasteiger partial charge in [0.05, 0.1) is 17.1 Å². The summed E-state index contributed by atoms with van der Waals surface area (Å²) >= 11 is 2.98. The minimum Gasteiger partial charge on any atom is -0.396 e. The molecule has 7 heteroatoms. The summed E-state index contributed by atoms with van der Waals surface area (Å²) in [5.41, 5.74) is 5.10. The van der Waals surface area contributed by atoms with E-state index in [0.717, 1.165) is 12.1 Å². The molecule has 1 aromatic carbocycles. The SMILES string of the molecule is CC#CCNS(=O)(=O)c1cc(N)c(F)cc1Br. The maximum Gasteiger partial charge on any atom is 0.242 e. The molecule has 0 bridgehead atoms. The Hall–Kier alpha value is -1.10. The third-order valence-electron chi connectivity index (χ3n) is 1.87. The predicted molar refractivity (Wildman–Crippen MR) is 67.2 cm³/mol. The highest BCUT2D eigenvalue weighted by Gasteiger charge is 2.18. The lowest BCUT2D eigenvalue weighted by molar-refractivity contribution is 0.584. The number of anilines is 1. The van der Waals surface area contributed by atoms with E-state index in [1.807, 2.05) is 0 Å². The molecule has 0 amide bonds. The Bertz CT molecular complexity index is 590. The molecule has 0 aliphatic rings. The third-order valence-corrected chi connectivity index (χ3v) is 4.23. The Morgan fingerprint density at radius 2 is 2.18 bits per heavy atom. The van der Waals surface area contributed by atoms with Crippen LogP contribution < -0.4 is 10.5 Å². The van der Waals surface area contributed by atoms with E-state index < -0.39 is 15.8 Å². The van der Waals surface area contributed by atoms with Gasteiger partial charge in [0, 0.05) is 4.47 Å². The topological polar surface area (TPSA) is 72.2 Å². The first-order valence-electron chi connectivity index (χ1n) is 4.52. The van der Waals surface area contributed by atoms with Crippen molar-refractivity contribution in [2.24, 2.45) is 0 Å². The average Bonchev–Trinajstić information content (AvgIpc) is 2.23. The van der Waals surface area contributed by atoms with Crippen molar-refractivity contribution < 1.29 is 12.8 Å². The quantitative estimate of drug-likeness (QED) is 0.654. The highest BCUT2D eigenvalue weighted by atomic mass is 79.9. The van der Waals surface area contributed by atoms with Gasteiger partial charge < -0.3 is 5.73 Å². The molecule has 0 saturated heterocycles. The van der Waals surface area contributed by atoms with Crippen LogP contribution in [0, 0.1) is 17.7 Å². The number of nitrogens with two attached hydrogens (primary N) is 1. The van der Waals surface area contributed by atoms with E-state index in [2.05, 4.69) is 32.5 Å². The molecule has 17 heavy (non-hydrogen) atoms. The van der Waals surface area contributed by atoms with Crippen LogP contribution in [0.2, 0.25) is 0 Å². The number of hydrogen-bond donors (Lipinski definition) is 2. The van der Waals surface area contributed by atoms with Crippen LogP contribution in [0.3, 0.4) is 0 Å². The maximum atomic E-state index is 13.1. The summed E-state index contributed by atoms with van der Waals surface area (Å²) in [6.45, 7) is 1.59. The van der Waals surface area contributed by atoms with E-state index in [1.54, 1.807) is 6.92 Å². The predicted octanol–water partition coefficient (Wildman–Crippen LogP) is 1.47. The highest BCUT2D eigenvalue weighted by Crippen LogP contribution is 2.26. The third kappa shape index (κ3) is 3.43. The summed E-state index contributed by atoms with van der Waals surface area (Å²) in [7, 11) is -3.75. The summed E-state index contributed by atoms with van der Waals surface area (Å²) < 4.78 is 39.0. The lowest BCUT2D eigenvalue weighted by Gasteiger charge is -2.08. The van der Waals surface area contributed by atoms with E-state index in [9.17, 15) is 12.8 Å². The molecule has 0 saturated carbocycles. The Kier molecular flexibility index (Phi) is 4.51. The molecule has 0 radical (unpaired) electrons. The van der Waals surface area contributed by atoms with Crippen molar-refractivity contribution in [3.05, 3.63) is 22.4 Å². The fourth-order valence-corrected chi connectivity index (χ4v) is 3.02. The van der Waals surface area contributed by atoms with Gasteiger partial charge >= 0.3 is 0 Å². The second kappa shape index (κ2) is 5.49. The zero-order valence-corrected chi connectivity index (χ0v) is 11.3. The van der Waals surface area contributed by atoms with Crippen molar-refractivity contribution in [3.63, 3.8) is 0 Å². The zero-order valence-electron chi connectivity index (χ0n) is 8.92. The number of benzene rings is 1. The van der Waals surface area contributed by atoms with Crippen LogP contribution in [-0.4, -0.2) is 15.0 Å². The van der Waals surface area contributed by atoms with Crippen LogP contribution in [0.25, 0.3) is 0 Å². The van der Waals surface area contributed by atoms with Crippen LogP contribution in [0.4, 0.5) is 10.1 Å². The van der Waals surface area contributed by atoms with E-state index >= 15 is 0 Å². The number of halogens is 2. The molecular formula is C10H10BrFN2O2S. The van der Waals surface area contributed by atoms with Gasteiger partial charge in [-0.05, 0) is 35.0 Å². The van der Waals surface area contributed by atoms with Crippen LogP contribution >= 0.6 is 15.9 Å². The Balaban J connectivity index is 3.14. The summed E-state index contributed by atoms with van der Waals surface area (Å²) in [6, 6.07) is 2.07. The van der Waals surface area contributed by atoms with Gasteiger partial charge in [-0.3, -0.25) is 0 Å². The van der Waals surface area contributed by atoms with Crippen molar-refractivity contribution >= 4 is 31.6 Å². The molecule has 0 heterocycles. The van der Waals surface area contributed by atoms with E-state index in [4.69, 9.17) is 5.73 Å². The summed E-state index contributed by atoms with van der Waals surface area (Å²) in [6.07, 6.45) is 0. The molecule has 3 N–H and O–H groups in total. The maximum absolute atomic E-state index is 13.1. The van der Waals surface area contributed by atoms with Crippen LogP contribution in [0.15, 0.2) is 21.5 Å². The van der Waals surface area contributed by atoms with E-state index in [-0.39, 0.29) is 21.6 Å². The normalized spacial score (nSPS) is 10.8. The Morgan fingerprint density at radius 3 is 2.76 bits per heavy atom. The molecule has 4 nitrogen and oxygen atoms in total. The fourth-order valence-electron chi connectivity index (χ4n) is 1.05. The second-order valence-electron chi connectivity index (χ2n) is 3.06. The van der Waals surface area contributed by atoms with Crippen molar-refractivity contribution in [1.82, 2.24) is 4.72 Å². The highest BCUT2D eigenvalue weighted by molar-refractivity contribution is 9.10. The summed E-state index contributed by atoms with van der Waals surface area (Å²) in [4.78, 5) is -0.116. The number of nitrogens with one attached hydrogen (secondary N) is 1. The van der Waals surface area contributed by atoms with Gasteiger partial charge in [0.1, 0.15) is 5.82 Å². The van der Waals surface area contributed by atoms with Crippen molar-refractivity contribution in [2.75, 3.05) is 12.3 Å². The monoisotopic (exact) mass is 320 g/mol. The first-order chi connectivity index (χ1) is 7.88. The summed E-state index contributed by atoms with van der Waals surface area (Å²) in [5.74, 6) is 4.44. The molecule has 92 valence electrons. The lowest BCUT2D eigenvalue weighted by Crippen LogP contribution is -2.24. The first-order valence-corrected chi connectivity index (χ1v) is 6.80. The molecule has 0 fully saturated rings. The van der Waals surface area contributed by atoms with Gasteiger partial charge in [-0.25, -0.2) is 12.8 Å². The van der Waals surface area contributed by atoms with Gasteiger partial charge in [-0.2, -0.15) is 4.72 Å². The minimum atomic E-state index is -3.75. The van der Waals surface area contributed by atoms with Gasteiger partial charge in [-0.1, -0.05) is 5.92 Å². The van der Waals surface area contributed by atoms with Crippen molar-refractivity contribution in [2.45, 2.75) is 11.8 Å². The number of sulfonamides is 1. The molecule has 0 spiro atoms. The van der Waals surface area contributed by atoms with E-state index in [0.29, 0.717) is 0 Å². The van der Waals surface area contributed by atoms with Crippen LogP contribution in [-0.2, 0) is 10.0 Å². The smallest absolute Gasteiger partial charge is 0.242 e. The Morgan fingerprint density at radius 1 is 1.53 bits per heavy atom. The zero-order chi connectivity index (χ0) is 13.1. The molecule has 0 aliphatic carbocycles. The average molecular weight is 321 g/mol. The molecule has 0 atom stereocenters. The molecule has 0 aliphatic heterocycles. The van der Waals surface area contributed by atoms with Gasteiger partial charge in [-0.15, -0.1) is 5.92 Å². The minimum absolute atomic E-state index is 0.0114. The molecule has 1 aromatic rings. The fraction of sp³-hybridized carbons (Fsp3) is 0.200. The molecule has 0 unspecified atom stereocenters. The van der Waals surface area contributed by atoms with Crippen LogP contribution in [0.1, 0.15) is 6.92 Å². The standard InChI is InChI=1S/C10H10BrFN2O2S/c1-2-3-4-14-17(15,16)10-6-9(13)8(12)5-7(10)11/h5-6,14H,4,13H2,1H3. The van der Waals surface area contributed by atoms with Crippen molar-refractivity contribution in [1.29, 1.82) is 0 Å². The van der Waals surface area contributed by atoms with Crippen molar-refractivity contribution in [3.8, 4) is 11.8 Å². The van der Waals surface area contributed by atoms with Gasteiger partial charge in [0.25, 0.3) is 0 Å². The number of nitrogen functional groups attached to an aromatic ring is 1. The van der Waals surface area contributed by atoms with Gasteiger partial charge in [0.15, 0.2) is 0 Å². The largest absolute Gasteiger partial charge is 0.396 e. The van der Waals surface area contributed by atoms with Gasteiger partial charge in [0.2, 0.25) is 10.0 Å².